The van der Waals surface area contributed by atoms with E-state index in [0.717, 1.165) is 0 Å². The van der Waals surface area contributed by atoms with Crippen LogP contribution in [0.5, 0.6) is 0 Å². The van der Waals surface area contributed by atoms with Crippen LogP contribution in [0, 0.1) is 0 Å². The molecule has 0 radical (unpaired) electrons. The molecular formula is C8H14N2O5S2. The van der Waals surface area contributed by atoms with Crippen LogP contribution >= 0.6 is 24.0 Å². The zero-order chi connectivity index (χ0) is 13.0. The summed E-state index contributed by atoms with van der Waals surface area (Å²) >= 11 is 6.06. The highest BCUT2D eigenvalue weighted by Gasteiger charge is 2.44. The predicted octanol–water partition coefficient (Wildman–Crippen LogP) is -1.99. The van der Waals surface area contributed by atoms with Gasteiger partial charge in [-0.1, -0.05) is 24.0 Å². The largest absolute Gasteiger partial charge is 0.469 e. The summed E-state index contributed by atoms with van der Waals surface area (Å²) in [6.07, 6.45) is -3.37. The normalized spacial score (nSPS) is 32.3. The molecule has 1 heterocycles. The number of aliphatic hydroxyl groups excluding tert-OH is 4. The number of ether oxygens (including phenoxy) is 1. The van der Waals surface area contributed by atoms with Crippen LogP contribution in [-0.2, 0) is 4.74 Å². The van der Waals surface area contributed by atoms with Crippen molar-refractivity contribution in [2.24, 2.45) is 5.10 Å². The number of thiocarbonyl (C=S) groups is 1. The van der Waals surface area contributed by atoms with Gasteiger partial charge >= 0.3 is 0 Å². The van der Waals surface area contributed by atoms with E-state index in [1.807, 2.05) is 0 Å². The molecule has 0 aromatic rings. The van der Waals surface area contributed by atoms with Crippen molar-refractivity contribution in [2.75, 3.05) is 12.9 Å². The van der Waals surface area contributed by atoms with Crippen molar-refractivity contribution in [3.8, 4) is 0 Å². The molecule has 17 heavy (non-hydrogen) atoms. The molecule has 1 aliphatic heterocycles. The second-order valence-electron chi connectivity index (χ2n) is 3.32. The van der Waals surface area contributed by atoms with Crippen LogP contribution in [0.15, 0.2) is 5.10 Å². The van der Waals surface area contributed by atoms with Gasteiger partial charge in [0.2, 0.25) is 5.90 Å². The van der Waals surface area contributed by atoms with Crippen LogP contribution in [0.3, 0.4) is 0 Å². The van der Waals surface area contributed by atoms with Gasteiger partial charge in [-0.25, -0.2) is 0 Å². The van der Waals surface area contributed by atoms with Crippen molar-refractivity contribution in [1.29, 1.82) is 0 Å². The molecule has 5 N–H and O–H groups in total. The van der Waals surface area contributed by atoms with Crippen LogP contribution in [0.4, 0.5) is 0 Å². The number of hydrogen-bond donors (Lipinski definition) is 5. The first-order valence-electron chi connectivity index (χ1n) is 4.74. The number of nitrogens with zero attached hydrogens (tertiary/aromatic N) is 1. The first kappa shape index (κ1) is 14.6. The SMILES string of the molecule is CSC(=S)N/N=C1\O[C@H]([C@H](O)CO)[C@H](O)[C@H]1O. The fourth-order valence-electron chi connectivity index (χ4n) is 1.25. The van der Waals surface area contributed by atoms with E-state index in [1.54, 1.807) is 6.26 Å². The van der Waals surface area contributed by atoms with Gasteiger partial charge in [0.1, 0.15) is 12.2 Å². The van der Waals surface area contributed by atoms with Gasteiger partial charge in [-0.3, -0.25) is 5.43 Å². The monoisotopic (exact) mass is 282 g/mol. The molecule has 0 aromatic carbocycles. The Bertz CT molecular complexity index is 314. The standard InChI is InChI=1S/C8H14N2O5S2/c1-17-8(16)10-9-7-5(14)4(13)6(15-7)3(12)2-11/h3-6,11-14H,2H2,1H3,(H,10,16)/b9-7-/t3-,4-,5-,6-/m1/s1. The molecule has 1 fully saturated rings. The lowest BCUT2D eigenvalue weighted by atomic mass is 10.1. The average Bonchev–Trinajstić information content (AvgIpc) is 2.62. The van der Waals surface area contributed by atoms with E-state index in [0.29, 0.717) is 4.32 Å². The summed E-state index contributed by atoms with van der Waals surface area (Å²) in [5.74, 6) is -0.175. The van der Waals surface area contributed by atoms with Crippen LogP contribution in [0.25, 0.3) is 0 Å². The van der Waals surface area contributed by atoms with E-state index in [2.05, 4.69) is 10.5 Å². The predicted molar refractivity (Wildman–Crippen MR) is 66.7 cm³/mol. The van der Waals surface area contributed by atoms with Crippen molar-refractivity contribution in [3.63, 3.8) is 0 Å². The van der Waals surface area contributed by atoms with Gasteiger partial charge in [-0.05, 0) is 6.26 Å². The van der Waals surface area contributed by atoms with Gasteiger partial charge in [-0.15, -0.1) is 5.10 Å². The molecule has 1 saturated heterocycles. The highest BCUT2D eigenvalue weighted by Crippen LogP contribution is 2.19. The van der Waals surface area contributed by atoms with Crippen molar-refractivity contribution in [3.05, 3.63) is 0 Å². The minimum Gasteiger partial charge on any atom is -0.469 e. The maximum absolute atomic E-state index is 9.57. The Labute approximate surface area is 107 Å². The maximum Gasteiger partial charge on any atom is 0.238 e. The summed E-state index contributed by atoms with van der Waals surface area (Å²) in [7, 11) is 0. The van der Waals surface area contributed by atoms with E-state index >= 15 is 0 Å². The minimum absolute atomic E-state index is 0.175. The smallest absolute Gasteiger partial charge is 0.238 e. The van der Waals surface area contributed by atoms with E-state index in [1.165, 1.54) is 11.8 Å². The number of rotatable bonds is 3. The number of aliphatic hydroxyl groups is 4. The molecule has 7 nitrogen and oxygen atoms in total. The van der Waals surface area contributed by atoms with Crippen LogP contribution < -0.4 is 5.43 Å². The second-order valence-corrected chi connectivity index (χ2v) is 4.80. The lowest BCUT2D eigenvalue weighted by Crippen LogP contribution is -2.40. The second kappa shape index (κ2) is 6.47. The molecular weight excluding hydrogens is 268 g/mol. The third-order valence-corrected chi connectivity index (χ3v) is 3.23. The Kier molecular flexibility index (Phi) is 5.56. The zero-order valence-electron chi connectivity index (χ0n) is 8.98. The molecule has 9 heteroatoms. The third kappa shape index (κ3) is 3.50. The molecule has 4 atom stereocenters. The van der Waals surface area contributed by atoms with Crippen LogP contribution in [0.1, 0.15) is 0 Å². The number of thioether (sulfide) groups is 1. The number of hydrogen-bond acceptors (Lipinski definition) is 8. The number of nitrogens with one attached hydrogen (secondary N) is 1. The van der Waals surface area contributed by atoms with Crippen molar-refractivity contribution in [1.82, 2.24) is 5.43 Å². The van der Waals surface area contributed by atoms with E-state index in [4.69, 9.17) is 22.1 Å². The summed E-state index contributed by atoms with van der Waals surface area (Å²) < 4.78 is 5.41. The van der Waals surface area contributed by atoms with Gasteiger partial charge < -0.3 is 25.2 Å². The van der Waals surface area contributed by atoms with Gasteiger partial charge in [0.25, 0.3) is 0 Å². The Hall–Kier alpha value is -0.450. The molecule has 0 unspecified atom stereocenters. The summed E-state index contributed by atoms with van der Waals surface area (Å²) in [5, 5.41) is 40.9. The quantitative estimate of drug-likeness (QED) is 0.299. The molecule has 0 saturated carbocycles. The topological polar surface area (TPSA) is 115 Å². The van der Waals surface area contributed by atoms with Crippen molar-refractivity contribution < 1.29 is 25.2 Å². The maximum atomic E-state index is 9.57. The lowest BCUT2D eigenvalue weighted by Gasteiger charge is -2.17. The first-order valence-corrected chi connectivity index (χ1v) is 6.37. The highest BCUT2D eigenvalue weighted by atomic mass is 32.2. The Morgan fingerprint density at radius 3 is 2.82 bits per heavy atom. The fourth-order valence-corrected chi connectivity index (χ4v) is 1.44. The Balaban J connectivity index is 2.68. The molecule has 0 aromatic heterocycles. The zero-order valence-corrected chi connectivity index (χ0v) is 10.6. The molecule has 0 spiro atoms. The third-order valence-electron chi connectivity index (χ3n) is 2.18. The van der Waals surface area contributed by atoms with Crippen LogP contribution in [0.2, 0.25) is 0 Å². The minimum atomic E-state index is -1.36. The van der Waals surface area contributed by atoms with E-state index in [-0.39, 0.29) is 5.90 Å². The van der Waals surface area contributed by atoms with Crippen LogP contribution in [-0.4, -0.2) is 67.9 Å². The van der Waals surface area contributed by atoms with Gasteiger partial charge in [0.05, 0.1) is 6.61 Å². The molecule has 0 amide bonds. The van der Waals surface area contributed by atoms with Crippen molar-refractivity contribution in [2.45, 2.75) is 24.4 Å². The Morgan fingerprint density at radius 1 is 1.65 bits per heavy atom. The van der Waals surface area contributed by atoms with E-state index in [9.17, 15) is 15.3 Å². The fraction of sp³-hybridized carbons (Fsp3) is 0.750. The van der Waals surface area contributed by atoms with Gasteiger partial charge in [-0.2, -0.15) is 0 Å². The lowest BCUT2D eigenvalue weighted by molar-refractivity contribution is -0.0589. The molecule has 0 aliphatic carbocycles. The Morgan fingerprint density at radius 2 is 2.29 bits per heavy atom. The van der Waals surface area contributed by atoms with E-state index < -0.39 is 31.0 Å². The summed E-state index contributed by atoms with van der Waals surface area (Å²) in [6.45, 7) is -0.585. The van der Waals surface area contributed by atoms with Gasteiger partial charge in [0, 0.05) is 0 Å². The molecule has 0 bridgehead atoms. The van der Waals surface area contributed by atoms with Crippen molar-refractivity contribution >= 4 is 34.2 Å². The van der Waals surface area contributed by atoms with Gasteiger partial charge in [0.15, 0.2) is 16.5 Å². The molecule has 98 valence electrons. The first-order chi connectivity index (χ1) is 8.01. The summed E-state index contributed by atoms with van der Waals surface area (Å²) in [4.78, 5) is 0. The summed E-state index contributed by atoms with van der Waals surface area (Å²) in [5.41, 5.74) is 2.44. The molecule has 1 rings (SSSR count). The summed E-state index contributed by atoms with van der Waals surface area (Å²) in [6, 6.07) is 0. The average molecular weight is 282 g/mol. The number of hydrazone groups is 1. The molecule has 1 aliphatic rings. The highest BCUT2D eigenvalue weighted by molar-refractivity contribution is 8.22.